The van der Waals surface area contributed by atoms with Crippen LogP contribution in [0.2, 0.25) is 0 Å². The van der Waals surface area contributed by atoms with Gasteiger partial charge in [0.05, 0.1) is 16.7 Å². The summed E-state index contributed by atoms with van der Waals surface area (Å²) in [6.07, 6.45) is 0. The molecule has 5 nitrogen and oxygen atoms in total. The number of rotatable bonds is 4. The monoisotopic (exact) mass is 670 g/mol. The van der Waals surface area contributed by atoms with Crippen molar-refractivity contribution in [3.8, 4) is 39.9 Å². The molecule has 0 amide bonds. The van der Waals surface area contributed by atoms with Crippen LogP contribution in [0.15, 0.2) is 162 Å². The third kappa shape index (κ3) is 4.24. The summed E-state index contributed by atoms with van der Waals surface area (Å²) < 4.78 is 11.5. The number of furan rings is 1. The highest BCUT2D eigenvalue weighted by atomic mass is 32.1. The Morgan fingerprint density at radius 3 is 1.67 bits per heavy atom. The van der Waals surface area contributed by atoms with Crippen LogP contribution in [-0.2, 0) is 0 Å². The van der Waals surface area contributed by atoms with Crippen molar-refractivity contribution in [2.45, 2.75) is 0 Å². The molecule has 0 aliphatic carbocycles. The zero-order valence-corrected chi connectivity index (χ0v) is 27.9. The molecule has 7 aromatic carbocycles. The zero-order chi connectivity index (χ0) is 33.5. The maximum absolute atomic E-state index is 6.81. The fourth-order valence-corrected chi connectivity index (χ4v) is 8.95. The largest absolute Gasteiger partial charge is 0.454 e. The summed E-state index contributed by atoms with van der Waals surface area (Å²) in [6, 6.07) is 54.7. The summed E-state index contributed by atoms with van der Waals surface area (Å²) in [6.45, 7) is 0. The van der Waals surface area contributed by atoms with Crippen LogP contribution in [0, 0.1) is 0 Å². The summed E-state index contributed by atoms with van der Waals surface area (Å²) >= 11 is 1.78. The van der Waals surface area contributed by atoms with E-state index in [1.807, 2.05) is 60.7 Å². The van der Waals surface area contributed by atoms with Crippen LogP contribution in [-0.4, -0.2) is 19.5 Å². The van der Waals surface area contributed by atoms with Gasteiger partial charge in [-0.15, -0.1) is 11.3 Å². The van der Waals surface area contributed by atoms with E-state index in [1.165, 1.54) is 26.2 Å². The average molecular weight is 671 g/mol. The van der Waals surface area contributed by atoms with Crippen molar-refractivity contribution in [1.29, 1.82) is 0 Å². The summed E-state index contributed by atoms with van der Waals surface area (Å²) in [7, 11) is 0. The SMILES string of the molecule is c1ccc(-c2nc(-c3ccccc3)nc(-c3cccc4c3sc3c4ccc4oc5c(-n6c7ccccc7c7ccccc76)cccc5c43)n2)cc1. The van der Waals surface area contributed by atoms with Crippen molar-refractivity contribution >= 4 is 75.3 Å². The number of fused-ring (bicyclic) bond motifs is 10. The molecule has 0 saturated carbocycles. The molecule has 0 bridgehead atoms. The maximum atomic E-state index is 6.81. The Labute approximate surface area is 295 Å². The minimum atomic E-state index is 0.651. The van der Waals surface area contributed by atoms with E-state index in [1.54, 1.807) is 11.3 Å². The van der Waals surface area contributed by atoms with Crippen molar-refractivity contribution in [2.75, 3.05) is 0 Å². The molecule has 238 valence electrons. The molecule has 0 aliphatic heterocycles. The lowest BCUT2D eigenvalue weighted by Gasteiger charge is -2.09. The van der Waals surface area contributed by atoms with E-state index in [9.17, 15) is 0 Å². The Hall–Kier alpha value is -6.63. The molecule has 0 unspecified atom stereocenters. The van der Waals surface area contributed by atoms with E-state index < -0.39 is 0 Å². The molecule has 11 rings (SSSR count). The van der Waals surface area contributed by atoms with Crippen LogP contribution in [0.3, 0.4) is 0 Å². The first-order chi connectivity index (χ1) is 25.3. The smallest absolute Gasteiger partial charge is 0.165 e. The second kappa shape index (κ2) is 10.9. The number of hydrogen-bond donors (Lipinski definition) is 0. The van der Waals surface area contributed by atoms with Crippen LogP contribution in [0.4, 0.5) is 0 Å². The zero-order valence-electron chi connectivity index (χ0n) is 27.1. The van der Waals surface area contributed by atoms with Gasteiger partial charge in [0.15, 0.2) is 23.1 Å². The van der Waals surface area contributed by atoms with Crippen LogP contribution in [0.5, 0.6) is 0 Å². The first kappa shape index (κ1) is 28.2. The molecular weight excluding hydrogens is 645 g/mol. The quantitative estimate of drug-likeness (QED) is 0.187. The van der Waals surface area contributed by atoms with Gasteiger partial charge < -0.3 is 8.98 Å². The minimum absolute atomic E-state index is 0.651. The summed E-state index contributed by atoms with van der Waals surface area (Å²) in [5, 5.41) is 7.04. The molecule has 0 saturated heterocycles. The third-order valence-electron chi connectivity index (χ3n) is 9.87. The molecule has 0 radical (unpaired) electrons. The van der Waals surface area contributed by atoms with Gasteiger partial charge in [0.2, 0.25) is 0 Å². The van der Waals surface area contributed by atoms with E-state index in [-0.39, 0.29) is 0 Å². The van der Waals surface area contributed by atoms with Crippen molar-refractivity contribution in [1.82, 2.24) is 19.5 Å². The molecule has 0 aliphatic rings. The summed E-state index contributed by atoms with van der Waals surface area (Å²) in [5.41, 5.74) is 7.98. The molecule has 51 heavy (non-hydrogen) atoms. The number of hydrogen-bond acceptors (Lipinski definition) is 5. The van der Waals surface area contributed by atoms with Gasteiger partial charge in [0.1, 0.15) is 5.58 Å². The lowest BCUT2D eigenvalue weighted by Crippen LogP contribution is -2.00. The van der Waals surface area contributed by atoms with Gasteiger partial charge in [0.25, 0.3) is 0 Å². The van der Waals surface area contributed by atoms with E-state index in [0.717, 1.165) is 60.0 Å². The van der Waals surface area contributed by atoms with Crippen molar-refractivity contribution in [2.24, 2.45) is 0 Å². The van der Waals surface area contributed by atoms with Gasteiger partial charge in [-0.3, -0.25) is 0 Å². The Morgan fingerprint density at radius 1 is 0.431 bits per heavy atom. The van der Waals surface area contributed by atoms with Gasteiger partial charge in [0, 0.05) is 58.4 Å². The van der Waals surface area contributed by atoms with Crippen LogP contribution in [0.1, 0.15) is 0 Å². The van der Waals surface area contributed by atoms with Crippen molar-refractivity contribution in [3.63, 3.8) is 0 Å². The van der Waals surface area contributed by atoms with Gasteiger partial charge in [-0.2, -0.15) is 0 Å². The van der Waals surface area contributed by atoms with Crippen LogP contribution in [0.25, 0.3) is 104 Å². The number of benzene rings is 7. The lowest BCUT2D eigenvalue weighted by atomic mass is 10.1. The van der Waals surface area contributed by atoms with E-state index in [2.05, 4.69) is 102 Å². The number of aromatic nitrogens is 4. The highest BCUT2D eigenvalue weighted by Gasteiger charge is 2.22. The molecule has 11 aromatic rings. The molecule has 0 spiro atoms. The fourth-order valence-electron chi connectivity index (χ4n) is 7.59. The summed E-state index contributed by atoms with van der Waals surface area (Å²) in [5.74, 6) is 1.96. The Kier molecular flexibility index (Phi) is 6.05. The van der Waals surface area contributed by atoms with Gasteiger partial charge in [-0.25, -0.2) is 15.0 Å². The van der Waals surface area contributed by atoms with Crippen molar-refractivity contribution < 1.29 is 4.42 Å². The van der Waals surface area contributed by atoms with E-state index >= 15 is 0 Å². The van der Waals surface area contributed by atoms with Gasteiger partial charge in [-0.05, 0) is 36.4 Å². The second-order valence-corrected chi connectivity index (χ2v) is 13.8. The van der Waals surface area contributed by atoms with Crippen LogP contribution >= 0.6 is 11.3 Å². The molecule has 4 aromatic heterocycles. The Morgan fingerprint density at radius 2 is 0.980 bits per heavy atom. The predicted molar refractivity (Wildman–Crippen MR) is 211 cm³/mol. The average Bonchev–Trinajstić information content (AvgIpc) is 3.88. The topological polar surface area (TPSA) is 56.7 Å². The first-order valence-electron chi connectivity index (χ1n) is 17.0. The standard InChI is InChI=1S/C45H26N4OS/c1-3-13-27(14-4-1)43-46-44(28-15-5-2-6-16-28)48-45(47-43)34-21-11-19-31-32-25-26-38-39(42(32)51-41(31)34)33-20-12-24-37(40(33)50-38)49-35-22-9-7-17-29(35)30-18-8-10-23-36(30)49/h1-26H. The molecule has 6 heteroatoms. The first-order valence-corrected chi connectivity index (χ1v) is 17.8. The number of nitrogens with zero attached hydrogens (tertiary/aromatic N) is 4. The van der Waals surface area contributed by atoms with Crippen LogP contribution < -0.4 is 0 Å². The number of thiophene rings is 1. The third-order valence-corrected chi connectivity index (χ3v) is 11.1. The Bertz CT molecular complexity index is 3030. The maximum Gasteiger partial charge on any atom is 0.165 e. The second-order valence-electron chi connectivity index (χ2n) is 12.8. The highest BCUT2D eigenvalue weighted by Crippen LogP contribution is 2.46. The Balaban J connectivity index is 1.16. The minimum Gasteiger partial charge on any atom is -0.454 e. The van der Waals surface area contributed by atoms with Crippen molar-refractivity contribution in [3.05, 3.63) is 158 Å². The van der Waals surface area contributed by atoms with E-state index in [0.29, 0.717) is 17.5 Å². The molecular formula is C45H26N4OS. The highest BCUT2D eigenvalue weighted by molar-refractivity contribution is 7.27. The lowest BCUT2D eigenvalue weighted by molar-refractivity contribution is 0.666. The normalized spacial score (nSPS) is 11.9. The van der Waals surface area contributed by atoms with E-state index in [4.69, 9.17) is 19.4 Å². The molecule has 0 N–H and O–H groups in total. The predicted octanol–water partition coefficient (Wildman–Crippen LogP) is 12.2. The fraction of sp³-hybridized carbons (Fsp3) is 0. The number of para-hydroxylation sites is 3. The molecule has 0 atom stereocenters. The molecule has 0 fully saturated rings. The summed E-state index contributed by atoms with van der Waals surface area (Å²) in [4.78, 5) is 15.1. The van der Waals surface area contributed by atoms with Gasteiger partial charge >= 0.3 is 0 Å². The molecule has 4 heterocycles. The van der Waals surface area contributed by atoms with Gasteiger partial charge in [-0.1, -0.05) is 121 Å².